The molecule has 1 aromatic carbocycles. The van der Waals surface area contributed by atoms with Crippen molar-refractivity contribution < 1.29 is 9.59 Å². The minimum Gasteiger partial charge on any atom is -0.357 e. The van der Waals surface area contributed by atoms with Gasteiger partial charge in [0, 0.05) is 65.9 Å². The normalized spacial score (nSPS) is 14.4. The fraction of sp³-hybridized carbons (Fsp3) is 0.550. The average Bonchev–Trinajstić information content (AvgIpc) is 2.67. The molecule has 0 unspecified atom stereocenters. The van der Waals surface area contributed by atoms with E-state index in [1.807, 2.05) is 29.2 Å². The van der Waals surface area contributed by atoms with Gasteiger partial charge in [0.15, 0.2) is 5.96 Å². The number of rotatable bonds is 5. The van der Waals surface area contributed by atoms with Crippen LogP contribution in [0.1, 0.15) is 29.8 Å². The van der Waals surface area contributed by atoms with E-state index >= 15 is 0 Å². The van der Waals surface area contributed by atoms with E-state index in [0.717, 1.165) is 50.7 Å². The van der Waals surface area contributed by atoms with Crippen LogP contribution in [-0.2, 0) is 11.2 Å². The first-order valence-electron chi connectivity index (χ1n) is 9.51. The molecule has 1 aliphatic heterocycles. The molecule has 0 aliphatic carbocycles. The van der Waals surface area contributed by atoms with Gasteiger partial charge in [0.25, 0.3) is 5.91 Å². The summed E-state index contributed by atoms with van der Waals surface area (Å²) in [6, 6.07) is 7.73. The van der Waals surface area contributed by atoms with Crippen molar-refractivity contribution in [1.82, 2.24) is 20.0 Å². The number of hydrogen-bond acceptors (Lipinski definition) is 3. The Kier molecular flexibility index (Phi) is 10.3. The van der Waals surface area contributed by atoms with Crippen LogP contribution >= 0.6 is 24.0 Å². The van der Waals surface area contributed by atoms with Gasteiger partial charge < -0.3 is 20.0 Å². The zero-order chi connectivity index (χ0) is 19.8. The average molecular weight is 501 g/mol. The number of guanidine groups is 1. The van der Waals surface area contributed by atoms with Crippen LogP contribution in [-0.4, -0.2) is 85.8 Å². The van der Waals surface area contributed by atoms with Crippen LogP contribution in [0.2, 0.25) is 0 Å². The van der Waals surface area contributed by atoms with Gasteiger partial charge in [-0.1, -0.05) is 12.1 Å². The number of piperazine rings is 1. The number of carbonyl (C=O) groups excluding carboxylic acids is 2. The highest BCUT2D eigenvalue weighted by Crippen LogP contribution is 2.09. The van der Waals surface area contributed by atoms with Crippen molar-refractivity contribution >= 4 is 41.8 Å². The molecule has 0 spiro atoms. The quantitative estimate of drug-likeness (QED) is 0.379. The van der Waals surface area contributed by atoms with E-state index in [2.05, 4.69) is 17.1 Å². The summed E-state index contributed by atoms with van der Waals surface area (Å²) in [6.07, 6.45) is 0.775. The van der Waals surface area contributed by atoms with Crippen LogP contribution in [0.3, 0.4) is 0 Å². The molecule has 0 radical (unpaired) electrons. The second kappa shape index (κ2) is 11.9. The lowest BCUT2D eigenvalue weighted by molar-refractivity contribution is -0.130. The van der Waals surface area contributed by atoms with Crippen LogP contribution in [0.15, 0.2) is 29.3 Å². The Morgan fingerprint density at radius 1 is 1.14 bits per heavy atom. The number of carbonyl (C=O) groups is 2. The predicted molar refractivity (Wildman–Crippen MR) is 123 cm³/mol. The first-order valence-corrected chi connectivity index (χ1v) is 9.51. The molecule has 1 aliphatic rings. The minimum atomic E-state index is 0. The summed E-state index contributed by atoms with van der Waals surface area (Å²) >= 11 is 0. The summed E-state index contributed by atoms with van der Waals surface area (Å²) in [4.78, 5) is 34.0. The van der Waals surface area contributed by atoms with Crippen molar-refractivity contribution in [3.63, 3.8) is 0 Å². The number of amides is 2. The molecule has 0 aromatic heterocycles. The van der Waals surface area contributed by atoms with Crippen LogP contribution in [0.4, 0.5) is 0 Å². The van der Waals surface area contributed by atoms with Gasteiger partial charge in [-0.05, 0) is 31.0 Å². The lowest BCUT2D eigenvalue weighted by atomic mass is 10.1. The largest absolute Gasteiger partial charge is 0.357 e. The van der Waals surface area contributed by atoms with Gasteiger partial charge in [-0.2, -0.15) is 0 Å². The number of nitrogens with one attached hydrogen (secondary N) is 1. The summed E-state index contributed by atoms with van der Waals surface area (Å²) in [6.45, 7) is 8.16. The molecule has 8 heteroatoms. The van der Waals surface area contributed by atoms with Crippen molar-refractivity contribution in [3.8, 4) is 0 Å². The Labute approximate surface area is 185 Å². The summed E-state index contributed by atoms with van der Waals surface area (Å²) < 4.78 is 0. The van der Waals surface area contributed by atoms with Crippen LogP contribution in [0, 0.1) is 0 Å². The van der Waals surface area contributed by atoms with E-state index in [4.69, 9.17) is 4.99 Å². The van der Waals surface area contributed by atoms with Gasteiger partial charge in [0.05, 0.1) is 0 Å². The van der Waals surface area contributed by atoms with E-state index in [-0.39, 0.29) is 35.8 Å². The van der Waals surface area contributed by atoms with Gasteiger partial charge in [-0.3, -0.25) is 14.6 Å². The molecule has 0 atom stereocenters. The fourth-order valence-corrected chi connectivity index (χ4v) is 3.07. The monoisotopic (exact) mass is 501 g/mol. The molecule has 0 bridgehead atoms. The Bertz CT molecular complexity index is 685. The zero-order valence-electron chi connectivity index (χ0n) is 17.3. The summed E-state index contributed by atoms with van der Waals surface area (Å²) in [5, 5.41) is 3.34. The van der Waals surface area contributed by atoms with Crippen molar-refractivity contribution in [3.05, 3.63) is 35.4 Å². The van der Waals surface area contributed by atoms with E-state index in [1.54, 1.807) is 25.9 Å². The molecule has 7 nitrogen and oxygen atoms in total. The molecule has 2 rings (SSSR count). The number of nitrogens with zero attached hydrogens (tertiary/aromatic N) is 4. The first-order chi connectivity index (χ1) is 12.9. The molecule has 1 saturated heterocycles. The summed E-state index contributed by atoms with van der Waals surface area (Å²) in [5.74, 6) is 1.03. The standard InChI is InChI=1S/C20H31N5O2.HI/c1-5-21-20(25-13-11-24(12-14-25)16(2)26)22-10-9-17-7-6-8-18(15-17)19(27)23(3)4;/h6-8,15H,5,9-14H2,1-4H3,(H,21,22);1H. The third-order valence-electron chi connectivity index (χ3n) is 4.60. The predicted octanol–water partition coefficient (Wildman–Crippen LogP) is 1.68. The molecule has 1 aromatic rings. The van der Waals surface area contributed by atoms with Gasteiger partial charge in [-0.25, -0.2) is 0 Å². The van der Waals surface area contributed by atoms with E-state index < -0.39 is 0 Å². The topological polar surface area (TPSA) is 68.2 Å². The summed E-state index contributed by atoms with van der Waals surface area (Å²) in [7, 11) is 3.52. The molecule has 156 valence electrons. The van der Waals surface area contributed by atoms with E-state index in [9.17, 15) is 9.59 Å². The van der Waals surface area contributed by atoms with Crippen molar-refractivity contribution in [1.29, 1.82) is 0 Å². The fourth-order valence-electron chi connectivity index (χ4n) is 3.07. The van der Waals surface area contributed by atoms with Crippen molar-refractivity contribution in [2.45, 2.75) is 20.3 Å². The molecular formula is C20H32IN5O2. The van der Waals surface area contributed by atoms with Gasteiger partial charge >= 0.3 is 0 Å². The Morgan fingerprint density at radius 3 is 2.36 bits per heavy atom. The zero-order valence-corrected chi connectivity index (χ0v) is 19.6. The van der Waals surface area contributed by atoms with Crippen LogP contribution in [0.5, 0.6) is 0 Å². The van der Waals surface area contributed by atoms with Crippen molar-refractivity contribution in [2.24, 2.45) is 4.99 Å². The number of aliphatic imine (C=N–C) groups is 1. The molecule has 1 fully saturated rings. The first kappa shape index (κ1) is 24.2. The molecule has 2 amide bonds. The third-order valence-corrected chi connectivity index (χ3v) is 4.60. The molecular weight excluding hydrogens is 469 g/mol. The van der Waals surface area contributed by atoms with Gasteiger partial charge in [0.1, 0.15) is 0 Å². The number of benzene rings is 1. The van der Waals surface area contributed by atoms with Crippen molar-refractivity contribution in [2.75, 3.05) is 53.4 Å². The maximum absolute atomic E-state index is 12.1. The summed E-state index contributed by atoms with van der Waals surface area (Å²) in [5.41, 5.74) is 1.80. The number of halogens is 1. The molecule has 1 heterocycles. The Hall–Kier alpha value is -1.84. The van der Waals surface area contributed by atoms with Gasteiger partial charge in [-0.15, -0.1) is 24.0 Å². The lowest BCUT2D eigenvalue weighted by Crippen LogP contribution is -2.53. The Morgan fingerprint density at radius 2 is 1.79 bits per heavy atom. The highest BCUT2D eigenvalue weighted by Gasteiger charge is 2.20. The smallest absolute Gasteiger partial charge is 0.253 e. The SMILES string of the molecule is CCNC(=NCCc1cccc(C(=O)N(C)C)c1)N1CCN(C(C)=O)CC1.I. The molecule has 1 N–H and O–H groups in total. The second-order valence-corrected chi connectivity index (χ2v) is 6.88. The van der Waals surface area contributed by atoms with Crippen LogP contribution in [0.25, 0.3) is 0 Å². The Balaban J connectivity index is 0.00000392. The maximum Gasteiger partial charge on any atom is 0.253 e. The second-order valence-electron chi connectivity index (χ2n) is 6.88. The van der Waals surface area contributed by atoms with E-state index in [1.165, 1.54) is 0 Å². The number of hydrogen-bond donors (Lipinski definition) is 1. The minimum absolute atomic E-state index is 0. The van der Waals surface area contributed by atoms with E-state index in [0.29, 0.717) is 12.1 Å². The molecule has 0 saturated carbocycles. The highest BCUT2D eigenvalue weighted by atomic mass is 127. The highest BCUT2D eigenvalue weighted by molar-refractivity contribution is 14.0. The van der Waals surface area contributed by atoms with Gasteiger partial charge in [0.2, 0.25) is 5.91 Å². The third kappa shape index (κ3) is 6.96. The lowest BCUT2D eigenvalue weighted by Gasteiger charge is -2.36. The maximum atomic E-state index is 12.1. The van der Waals surface area contributed by atoms with Crippen LogP contribution < -0.4 is 5.32 Å². The molecule has 28 heavy (non-hydrogen) atoms.